The van der Waals surface area contributed by atoms with Gasteiger partial charge in [-0.2, -0.15) is 0 Å². The molecule has 1 saturated heterocycles. The van der Waals surface area contributed by atoms with Gasteiger partial charge < -0.3 is 14.7 Å². The number of ether oxygens (including phenoxy) is 1. The Balaban J connectivity index is 1.86. The summed E-state index contributed by atoms with van der Waals surface area (Å²) in [5.41, 5.74) is 0.328. The van der Waals surface area contributed by atoms with Crippen molar-refractivity contribution in [3.8, 4) is 5.75 Å². The number of likely N-dealkylation sites (tertiary alicyclic amines) is 1. The maximum Gasteiger partial charge on any atom is 0.573 e. The van der Waals surface area contributed by atoms with Gasteiger partial charge in [-0.25, -0.2) is 0 Å². The third-order valence-corrected chi connectivity index (χ3v) is 4.24. The van der Waals surface area contributed by atoms with Gasteiger partial charge in [0.1, 0.15) is 5.75 Å². The van der Waals surface area contributed by atoms with E-state index >= 15 is 0 Å². The number of hydrogen-bond acceptors (Lipinski definition) is 3. The third-order valence-electron chi connectivity index (χ3n) is 4.24. The van der Waals surface area contributed by atoms with E-state index in [-0.39, 0.29) is 36.8 Å². The lowest BCUT2D eigenvalue weighted by molar-refractivity contribution is -0.274. The molecule has 0 unspecified atom stereocenters. The largest absolute Gasteiger partial charge is 0.573 e. The number of carboxylic acid groups (broad SMARTS) is 1. The van der Waals surface area contributed by atoms with Gasteiger partial charge in [0.05, 0.1) is 0 Å². The summed E-state index contributed by atoms with van der Waals surface area (Å²) in [5, 5.41) is 8.79. The number of carbonyl (C=O) groups is 2. The van der Waals surface area contributed by atoms with Crippen molar-refractivity contribution in [2.45, 2.75) is 38.5 Å². The fourth-order valence-electron chi connectivity index (χ4n) is 2.97. The standard InChI is InChI=1S/C17H20F3NO4/c18-17(19,20)25-14-4-2-1-3-13(14)5-6-15(22)21-9-7-12(8-10-21)11-16(23)24/h1-4,12H,5-11H2,(H,23,24). The second-order valence-corrected chi connectivity index (χ2v) is 6.08. The number of aryl methyl sites for hydroxylation is 1. The number of rotatable bonds is 6. The first-order valence-electron chi connectivity index (χ1n) is 8.08. The number of alkyl halides is 3. The number of hydrogen-bond donors (Lipinski definition) is 1. The number of carboxylic acids is 1. The second kappa shape index (κ2) is 8.22. The van der Waals surface area contributed by atoms with Crippen LogP contribution in [0.25, 0.3) is 0 Å². The molecule has 0 bridgehead atoms. The Morgan fingerprint density at radius 1 is 1.20 bits per heavy atom. The molecule has 0 atom stereocenters. The number of nitrogens with zero attached hydrogens (tertiary/aromatic N) is 1. The van der Waals surface area contributed by atoms with Crippen LogP contribution in [-0.4, -0.2) is 41.3 Å². The minimum absolute atomic E-state index is 0.0717. The van der Waals surface area contributed by atoms with Crippen LogP contribution in [0.2, 0.25) is 0 Å². The molecular weight excluding hydrogens is 339 g/mol. The van der Waals surface area contributed by atoms with Gasteiger partial charge in [-0.3, -0.25) is 9.59 Å². The van der Waals surface area contributed by atoms with Crippen LogP contribution < -0.4 is 4.74 Å². The molecule has 1 fully saturated rings. The SMILES string of the molecule is O=C(O)CC1CCN(C(=O)CCc2ccccc2OC(F)(F)F)CC1. The fourth-order valence-corrected chi connectivity index (χ4v) is 2.97. The molecule has 1 N–H and O–H groups in total. The Morgan fingerprint density at radius 2 is 1.84 bits per heavy atom. The summed E-state index contributed by atoms with van der Waals surface area (Å²) in [5.74, 6) is -1.20. The summed E-state index contributed by atoms with van der Waals surface area (Å²) in [4.78, 5) is 24.6. The highest BCUT2D eigenvalue weighted by Gasteiger charge is 2.32. The quantitative estimate of drug-likeness (QED) is 0.847. The molecule has 0 aromatic heterocycles. The predicted octanol–water partition coefficient (Wildman–Crippen LogP) is 3.23. The van der Waals surface area contributed by atoms with Crippen molar-refractivity contribution in [1.82, 2.24) is 4.90 Å². The maximum absolute atomic E-state index is 12.4. The molecule has 1 heterocycles. The van der Waals surface area contributed by atoms with Crippen LogP contribution in [-0.2, 0) is 16.0 Å². The molecule has 1 amide bonds. The summed E-state index contributed by atoms with van der Waals surface area (Å²) in [6, 6.07) is 5.78. The van der Waals surface area contributed by atoms with E-state index in [0.29, 0.717) is 31.5 Å². The van der Waals surface area contributed by atoms with E-state index in [9.17, 15) is 22.8 Å². The summed E-state index contributed by atoms with van der Waals surface area (Å²) >= 11 is 0. The van der Waals surface area contributed by atoms with E-state index in [4.69, 9.17) is 5.11 Å². The Morgan fingerprint density at radius 3 is 2.44 bits per heavy atom. The van der Waals surface area contributed by atoms with Crippen molar-refractivity contribution in [3.63, 3.8) is 0 Å². The van der Waals surface area contributed by atoms with Crippen LogP contribution in [0.3, 0.4) is 0 Å². The van der Waals surface area contributed by atoms with E-state index in [2.05, 4.69) is 4.74 Å². The van der Waals surface area contributed by atoms with Gasteiger partial charge in [0.15, 0.2) is 0 Å². The van der Waals surface area contributed by atoms with Crippen molar-refractivity contribution in [2.75, 3.05) is 13.1 Å². The molecule has 2 rings (SSSR count). The van der Waals surface area contributed by atoms with Crippen LogP contribution in [0, 0.1) is 5.92 Å². The molecule has 25 heavy (non-hydrogen) atoms. The van der Waals surface area contributed by atoms with Gasteiger partial charge in [-0.05, 0) is 36.8 Å². The zero-order valence-corrected chi connectivity index (χ0v) is 13.6. The number of amides is 1. The molecule has 0 radical (unpaired) electrons. The van der Waals surface area contributed by atoms with Crippen molar-refractivity contribution in [2.24, 2.45) is 5.92 Å². The van der Waals surface area contributed by atoms with Gasteiger partial charge in [0, 0.05) is 25.9 Å². The first-order valence-corrected chi connectivity index (χ1v) is 8.08. The smallest absolute Gasteiger partial charge is 0.481 e. The molecular formula is C17H20F3NO4. The summed E-state index contributed by atoms with van der Waals surface area (Å²) < 4.78 is 41.2. The Hall–Kier alpha value is -2.25. The highest BCUT2D eigenvalue weighted by atomic mass is 19.4. The average molecular weight is 359 g/mol. The van der Waals surface area contributed by atoms with Crippen molar-refractivity contribution in [3.05, 3.63) is 29.8 Å². The Labute approximate surface area is 143 Å². The monoisotopic (exact) mass is 359 g/mol. The van der Waals surface area contributed by atoms with Gasteiger partial charge in [-0.15, -0.1) is 13.2 Å². The van der Waals surface area contributed by atoms with Crippen LogP contribution in [0.15, 0.2) is 24.3 Å². The van der Waals surface area contributed by atoms with E-state index in [1.165, 1.54) is 18.2 Å². The van der Waals surface area contributed by atoms with Crippen molar-refractivity contribution in [1.29, 1.82) is 0 Å². The number of aliphatic carboxylic acids is 1. The predicted molar refractivity (Wildman–Crippen MR) is 83.0 cm³/mol. The number of halogens is 3. The zero-order chi connectivity index (χ0) is 18.4. The highest BCUT2D eigenvalue weighted by Crippen LogP contribution is 2.27. The molecule has 0 aliphatic carbocycles. The van der Waals surface area contributed by atoms with Crippen molar-refractivity contribution < 1.29 is 32.6 Å². The number of carbonyl (C=O) groups excluding carboxylic acids is 1. The molecule has 138 valence electrons. The van der Waals surface area contributed by atoms with Crippen LogP contribution in [0.5, 0.6) is 5.75 Å². The average Bonchev–Trinajstić information content (AvgIpc) is 2.52. The number of piperidine rings is 1. The van der Waals surface area contributed by atoms with Gasteiger partial charge in [0.2, 0.25) is 5.91 Å². The lowest BCUT2D eigenvalue weighted by atomic mass is 9.93. The van der Waals surface area contributed by atoms with Crippen molar-refractivity contribution >= 4 is 11.9 Å². The lowest BCUT2D eigenvalue weighted by Crippen LogP contribution is -2.39. The molecule has 1 aromatic carbocycles. The van der Waals surface area contributed by atoms with Gasteiger partial charge >= 0.3 is 12.3 Å². The number of para-hydroxylation sites is 1. The zero-order valence-electron chi connectivity index (χ0n) is 13.6. The van der Waals surface area contributed by atoms with E-state index in [0.717, 1.165) is 0 Å². The lowest BCUT2D eigenvalue weighted by Gasteiger charge is -2.31. The minimum atomic E-state index is -4.77. The number of benzene rings is 1. The van der Waals surface area contributed by atoms with Crippen LogP contribution in [0.1, 0.15) is 31.2 Å². The highest BCUT2D eigenvalue weighted by molar-refractivity contribution is 5.76. The molecule has 0 saturated carbocycles. The molecule has 1 aromatic rings. The molecule has 5 nitrogen and oxygen atoms in total. The molecule has 1 aliphatic rings. The van der Waals surface area contributed by atoms with E-state index < -0.39 is 12.3 Å². The maximum atomic E-state index is 12.4. The van der Waals surface area contributed by atoms with Crippen LogP contribution >= 0.6 is 0 Å². The van der Waals surface area contributed by atoms with E-state index in [1.54, 1.807) is 11.0 Å². The third kappa shape index (κ3) is 6.28. The molecule has 8 heteroatoms. The van der Waals surface area contributed by atoms with E-state index in [1.807, 2.05) is 0 Å². The molecule has 0 spiro atoms. The normalized spacial score (nSPS) is 15.9. The summed E-state index contributed by atoms with van der Waals surface area (Å²) in [6.45, 7) is 0.967. The first kappa shape index (κ1) is 19.1. The molecule has 1 aliphatic heterocycles. The summed E-state index contributed by atoms with van der Waals surface area (Å²) in [6.07, 6.45) is -3.17. The fraction of sp³-hybridized carbons (Fsp3) is 0.529. The van der Waals surface area contributed by atoms with Gasteiger partial charge in [-0.1, -0.05) is 18.2 Å². The topological polar surface area (TPSA) is 66.8 Å². The Bertz CT molecular complexity index is 610. The first-order chi connectivity index (χ1) is 11.7. The minimum Gasteiger partial charge on any atom is -0.481 e. The Kier molecular flexibility index (Phi) is 6.27. The second-order valence-electron chi connectivity index (χ2n) is 6.08. The summed E-state index contributed by atoms with van der Waals surface area (Å²) in [7, 11) is 0. The van der Waals surface area contributed by atoms with Gasteiger partial charge in [0.25, 0.3) is 0 Å². The van der Waals surface area contributed by atoms with Crippen LogP contribution in [0.4, 0.5) is 13.2 Å².